The lowest BCUT2D eigenvalue weighted by molar-refractivity contribution is -0.0166. The van der Waals surface area contributed by atoms with Crippen molar-refractivity contribution in [2.45, 2.75) is 19.1 Å². The number of para-hydroxylation sites is 2. The molecule has 2 aliphatic rings. The van der Waals surface area contributed by atoms with Crippen molar-refractivity contribution in [2.24, 2.45) is 0 Å². The molecule has 0 amide bonds. The summed E-state index contributed by atoms with van der Waals surface area (Å²) in [5.74, 6) is 1.74. The van der Waals surface area contributed by atoms with Gasteiger partial charge in [0.1, 0.15) is 6.61 Å². The number of likely N-dealkylation sites (tertiary alicyclic amines) is 1. The molecule has 15 heavy (non-hydrogen) atoms. The number of hydrogen-bond acceptors (Lipinski definition) is 3. The van der Waals surface area contributed by atoms with Crippen LogP contribution in [0.1, 0.15) is 12.8 Å². The molecule has 1 unspecified atom stereocenters. The third kappa shape index (κ3) is 1.67. The summed E-state index contributed by atoms with van der Waals surface area (Å²) in [5.41, 5.74) is 0. The molecule has 2 aliphatic heterocycles. The molecule has 0 aromatic heterocycles. The highest BCUT2D eigenvalue weighted by Gasteiger charge is 2.28. The monoisotopic (exact) mass is 205 g/mol. The lowest BCUT2D eigenvalue weighted by Gasteiger charge is -2.32. The van der Waals surface area contributed by atoms with Crippen LogP contribution in [0, 0.1) is 0 Å². The SMILES string of the molecule is c1ccc2c(c1)OCC(N1CCCC1)O2. The van der Waals surface area contributed by atoms with Crippen LogP contribution in [0.2, 0.25) is 0 Å². The second kappa shape index (κ2) is 3.74. The average Bonchev–Trinajstić information content (AvgIpc) is 2.82. The fraction of sp³-hybridized carbons (Fsp3) is 0.500. The number of rotatable bonds is 1. The Morgan fingerprint density at radius 2 is 1.80 bits per heavy atom. The van der Waals surface area contributed by atoms with E-state index in [4.69, 9.17) is 9.47 Å². The second-order valence-corrected chi connectivity index (χ2v) is 4.07. The van der Waals surface area contributed by atoms with Crippen LogP contribution < -0.4 is 9.47 Å². The first-order valence-electron chi connectivity index (χ1n) is 5.56. The molecule has 2 heterocycles. The molecule has 3 heteroatoms. The van der Waals surface area contributed by atoms with Crippen LogP contribution in [0.15, 0.2) is 24.3 Å². The van der Waals surface area contributed by atoms with Crippen molar-refractivity contribution < 1.29 is 9.47 Å². The number of benzene rings is 1. The summed E-state index contributed by atoms with van der Waals surface area (Å²) in [6.45, 7) is 2.92. The minimum atomic E-state index is 0.113. The van der Waals surface area contributed by atoms with Gasteiger partial charge in [0.2, 0.25) is 0 Å². The van der Waals surface area contributed by atoms with Crippen molar-refractivity contribution in [1.29, 1.82) is 0 Å². The predicted molar refractivity (Wildman–Crippen MR) is 57.2 cm³/mol. The molecule has 0 spiro atoms. The summed E-state index contributed by atoms with van der Waals surface area (Å²) in [4.78, 5) is 2.36. The minimum absolute atomic E-state index is 0.113. The van der Waals surface area contributed by atoms with E-state index in [1.54, 1.807) is 0 Å². The fourth-order valence-corrected chi connectivity index (χ4v) is 2.22. The molecule has 3 nitrogen and oxygen atoms in total. The van der Waals surface area contributed by atoms with Gasteiger partial charge in [-0.15, -0.1) is 0 Å². The maximum atomic E-state index is 5.92. The normalized spacial score (nSPS) is 25.5. The first-order chi connectivity index (χ1) is 7.43. The van der Waals surface area contributed by atoms with E-state index < -0.39 is 0 Å². The summed E-state index contributed by atoms with van der Waals surface area (Å²) in [6, 6.07) is 7.88. The zero-order valence-corrected chi connectivity index (χ0v) is 8.69. The van der Waals surface area contributed by atoms with Gasteiger partial charge in [-0.05, 0) is 25.0 Å². The van der Waals surface area contributed by atoms with Crippen molar-refractivity contribution in [3.05, 3.63) is 24.3 Å². The van der Waals surface area contributed by atoms with Gasteiger partial charge in [0.25, 0.3) is 0 Å². The summed E-state index contributed by atoms with van der Waals surface area (Å²) in [7, 11) is 0. The van der Waals surface area contributed by atoms with Crippen LogP contribution in [0.3, 0.4) is 0 Å². The molecule has 0 saturated carbocycles. The Morgan fingerprint density at radius 3 is 2.60 bits per heavy atom. The lowest BCUT2D eigenvalue weighted by Crippen LogP contribution is -2.43. The molecule has 1 aromatic carbocycles. The van der Waals surface area contributed by atoms with Gasteiger partial charge < -0.3 is 9.47 Å². The van der Waals surface area contributed by atoms with Gasteiger partial charge in [-0.25, -0.2) is 0 Å². The van der Waals surface area contributed by atoms with Gasteiger partial charge in [-0.3, -0.25) is 4.90 Å². The topological polar surface area (TPSA) is 21.7 Å². The summed E-state index contributed by atoms with van der Waals surface area (Å²) < 4.78 is 11.6. The maximum absolute atomic E-state index is 5.92. The summed E-state index contributed by atoms with van der Waals surface area (Å²) in [6.07, 6.45) is 2.67. The minimum Gasteiger partial charge on any atom is -0.484 e. The standard InChI is InChI=1S/C12H15NO2/c1-2-6-11-10(5-1)14-9-12(15-11)13-7-3-4-8-13/h1-2,5-6,12H,3-4,7-9H2. The zero-order valence-electron chi connectivity index (χ0n) is 8.69. The predicted octanol–water partition coefficient (Wildman–Crippen LogP) is 1.88. The number of fused-ring (bicyclic) bond motifs is 1. The van der Waals surface area contributed by atoms with E-state index in [9.17, 15) is 0 Å². The Labute approximate surface area is 89.6 Å². The van der Waals surface area contributed by atoms with Crippen molar-refractivity contribution >= 4 is 0 Å². The molecule has 1 fully saturated rings. The summed E-state index contributed by atoms with van der Waals surface area (Å²) in [5, 5.41) is 0. The fourth-order valence-electron chi connectivity index (χ4n) is 2.22. The maximum Gasteiger partial charge on any atom is 0.187 e. The molecular weight excluding hydrogens is 190 g/mol. The van der Waals surface area contributed by atoms with Gasteiger partial charge in [0, 0.05) is 13.1 Å². The molecule has 0 N–H and O–H groups in total. The largest absolute Gasteiger partial charge is 0.484 e. The highest BCUT2D eigenvalue weighted by Crippen LogP contribution is 2.32. The number of ether oxygens (including phenoxy) is 2. The van der Waals surface area contributed by atoms with Crippen LogP contribution in [0.25, 0.3) is 0 Å². The lowest BCUT2D eigenvalue weighted by atomic mass is 10.3. The van der Waals surface area contributed by atoms with Crippen molar-refractivity contribution in [2.75, 3.05) is 19.7 Å². The average molecular weight is 205 g/mol. The molecular formula is C12H15NO2. The van der Waals surface area contributed by atoms with Crippen LogP contribution >= 0.6 is 0 Å². The quantitative estimate of drug-likeness (QED) is 0.698. The number of hydrogen-bond donors (Lipinski definition) is 0. The Kier molecular flexibility index (Phi) is 2.25. The molecule has 1 saturated heterocycles. The van der Waals surface area contributed by atoms with E-state index >= 15 is 0 Å². The van der Waals surface area contributed by atoms with E-state index in [-0.39, 0.29) is 6.23 Å². The molecule has 0 radical (unpaired) electrons. The van der Waals surface area contributed by atoms with Gasteiger partial charge in [0.15, 0.2) is 17.7 Å². The molecule has 80 valence electrons. The van der Waals surface area contributed by atoms with Crippen LogP contribution in [-0.2, 0) is 0 Å². The zero-order chi connectivity index (χ0) is 10.1. The van der Waals surface area contributed by atoms with Crippen LogP contribution in [-0.4, -0.2) is 30.8 Å². The van der Waals surface area contributed by atoms with E-state index in [0.717, 1.165) is 24.6 Å². The Balaban J connectivity index is 1.76. The summed E-state index contributed by atoms with van der Waals surface area (Å²) >= 11 is 0. The Morgan fingerprint density at radius 1 is 1.07 bits per heavy atom. The molecule has 3 rings (SSSR count). The van der Waals surface area contributed by atoms with Crippen molar-refractivity contribution in [1.82, 2.24) is 4.90 Å². The number of nitrogens with zero attached hydrogens (tertiary/aromatic N) is 1. The van der Waals surface area contributed by atoms with Crippen LogP contribution in [0.5, 0.6) is 11.5 Å². The van der Waals surface area contributed by atoms with Gasteiger partial charge in [-0.2, -0.15) is 0 Å². The molecule has 1 atom stereocenters. The van der Waals surface area contributed by atoms with Crippen LogP contribution in [0.4, 0.5) is 0 Å². The molecule has 0 aliphatic carbocycles. The van der Waals surface area contributed by atoms with Gasteiger partial charge >= 0.3 is 0 Å². The Bertz CT molecular complexity index is 347. The van der Waals surface area contributed by atoms with E-state index in [1.807, 2.05) is 24.3 Å². The smallest absolute Gasteiger partial charge is 0.187 e. The molecule has 0 bridgehead atoms. The second-order valence-electron chi connectivity index (χ2n) is 4.07. The van der Waals surface area contributed by atoms with E-state index in [0.29, 0.717) is 6.61 Å². The van der Waals surface area contributed by atoms with Gasteiger partial charge in [-0.1, -0.05) is 12.1 Å². The van der Waals surface area contributed by atoms with E-state index in [1.165, 1.54) is 12.8 Å². The van der Waals surface area contributed by atoms with Gasteiger partial charge in [0.05, 0.1) is 0 Å². The Hall–Kier alpha value is -1.22. The van der Waals surface area contributed by atoms with E-state index in [2.05, 4.69) is 4.90 Å². The highest BCUT2D eigenvalue weighted by molar-refractivity contribution is 5.40. The van der Waals surface area contributed by atoms with Crippen molar-refractivity contribution in [3.8, 4) is 11.5 Å². The third-order valence-electron chi connectivity index (χ3n) is 3.04. The first-order valence-corrected chi connectivity index (χ1v) is 5.56. The first kappa shape index (κ1) is 9.04. The third-order valence-corrected chi connectivity index (χ3v) is 3.04. The molecule has 1 aromatic rings. The van der Waals surface area contributed by atoms with Crippen molar-refractivity contribution in [3.63, 3.8) is 0 Å². The highest BCUT2D eigenvalue weighted by atomic mass is 16.6.